The highest BCUT2D eigenvalue weighted by molar-refractivity contribution is 5.71. The molecule has 0 rings (SSSR count). The molecule has 0 heterocycles. The highest BCUT2D eigenvalue weighted by atomic mass is 16.6. The number of allylic oxidation sites excluding steroid dienone is 2. The van der Waals surface area contributed by atoms with Gasteiger partial charge in [-0.3, -0.25) is 14.4 Å². The molecule has 6 nitrogen and oxygen atoms in total. The summed E-state index contributed by atoms with van der Waals surface area (Å²) in [5.41, 5.74) is 0. The molecule has 0 aliphatic heterocycles. The van der Waals surface area contributed by atoms with E-state index in [-0.39, 0.29) is 31.1 Å². The Morgan fingerprint density at radius 3 is 0.641 bits per heavy atom. The molecule has 0 spiro atoms. The Morgan fingerprint density at radius 2 is 0.423 bits per heavy atom. The lowest BCUT2D eigenvalue weighted by molar-refractivity contribution is -0.167. The van der Waals surface area contributed by atoms with E-state index in [1.54, 1.807) is 0 Å². The van der Waals surface area contributed by atoms with Gasteiger partial charge in [-0.05, 0) is 44.9 Å². The molecule has 0 aromatic rings. The van der Waals surface area contributed by atoms with Gasteiger partial charge in [0, 0.05) is 19.3 Å². The third-order valence-corrected chi connectivity index (χ3v) is 16.5. The number of rotatable bonds is 67. The summed E-state index contributed by atoms with van der Waals surface area (Å²) in [4.78, 5) is 38.2. The van der Waals surface area contributed by atoms with Gasteiger partial charge in [-0.15, -0.1) is 0 Å². The first-order valence-corrected chi connectivity index (χ1v) is 35.7. The van der Waals surface area contributed by atoms with E-state index < -0.39 is 6.10 Å². The van der Waals surface area contributed by atoms with E-state index in [4.69, 9.17) is 14.2 Å². The van der Waals surface area contributed by atoms with Gasteiger partial charge in [-0.2, -0.15) is 0 Å². The predicted molar refractivity (Wildman–Crippen MR) is 340 cm³/mol. The molecule has 0 saturated heterocycles. The highest BCUT2D eigenvalue weighted by Gasteiger charge is 2.19. The molecule has 6 heteroatoms. The first-order valence-electron chi connectivity index (χ1n) is 35.7. The minimum absolute atomic E-state index is 0.0619. The minimum Gasteiger partial charge on any atom is -0.462 e. The summed E-state index contributed by atoms with van der Waals surface area (Å²) in [6, 6.07) is 0. The standard InChI is InChI=1S/C72H138O6/c1-4-7-10-13-16-19-22-24-26-27-28-29-30-31-32-33-34-35-36-37-38-39-40-41-42-43-44-45-46-48-50-53-56-59-62-65-71(74)77-68-69(67-76-70(73)64-61-58-55-52-49-21-18-15-12-9-6-3)78-72(75)66-63-60-57-54-51-47-25-23-20-17-14-11-8-5-2/h27-28,69H,4-26,29-68H2,1-3H3/b28-27-. The van der Waals surface area contributed by atoms with Gasteiger partial charge in [0.1, 0.15) is 13.2 Å². The highest BCUT2D eigenvalue weighted by Crippen LogP contribution is 2.19. The number of hydrogen-bond acceptors (Lipinski definition) is 6. The summed E-state index contributed by atoms with van der Waals surface area (Å²) in [6.07, 6.45) is 81.3. The van der Waals surface area contributed by atoms with Gasteiger partial charge >= 0.3 is 17.9 Å². The van der Waals surface area contributed by atoms with E-state index in [9.17, 15) is 14.4 Å². The van der Waals surface area contributed by atoms with Crippen molar-refractivity contribution in [2.24, 2.45) is 0 Å². The zero-order valence-electron chi connectivity index (χ0n) is 53.2. The molecule has 0 radical (unpaired) electrons. The molecule has 0 aromatic heterocycles. The van der Waals surface area contributed by atoms with Gasteiger partial charge in [0.15, 0.2) is 6.10 Å². The van der Waals surface area contributed by atoms with Crippen molar-refractivity contribution in [3.8, 4) is 0 Å². The fourth-order valence-corrected chi connectivity index (χ4v) is 11.2. The van der Waals surface area contributed by atoms with Gasteiger partial charge in [0.05, 0.1) is 0 Å². The maximum Gasteiger partial charge on any atom is 0.306 e. The van der Waals surface area contributed by atoms with Gasteiger partial charge in [-0.1, -0.05) is 360 Å². The summed E-state index contributed by atoms with van der Waals surface area (Å²) in [5.74, 6) is -0.831. The molecule has 0 amide bonds. The van der Waals surface area contributed by atoms with Crippen molar-refractivity contribution in [3.63, 3.8) is 0 Å². The maximum absolute atomic E-state index is 12.9. The maximum atomic E-state index is 12.9. The number of hydrogen-bond donors (Lipinski definition) is 0. The van der Waals surface area contributed by atoms with Crippen LogP contribution in [-0.4, -0.2) is 37.2 Å². The Bertz CT molecular complexity index is 1210. The number of carbonyl (C=O) groups excluding carboxylic acids is 3. The fraction of sp³-hybridized carbons (Fsp3) is 0.931. The summed E-state index contributed by atoms with van der Waals surface area (Å²) >= 11 is 0. The van der Waals surface area contributed by atoms with Crippen LogP contribution in [0, 0.1) is 0 Å². The Balaban J connectivity index is 3.97. The Hall–Kier alpha value is -1.85. The third kappa shape index (κ3) is 65.0. The van der Waals surface area contributed by atoms with E-state index in [0.29, 0.717) is 19.3 Å². The van der Waals surface area contributed by atoms with Gasteiger partial charge in [0.25, 0.3) is 0 Å². The van der Waals surface area contributed by atoms with E-state index in [2.05, 4.69) is 32.9 Å². The zero-order chi connectivity index (χ0) is 56.4. The van der Waals surface area contributed by atoms with Crippen LogP contribution in [0.2, 0.25) is 0 Å². The number of unbranched alkanes of at least 4 members (excludes halogenated alkanes) is 54. The van der Waals surface area contributed by atoms with Crippen molar-refractivity contribution in [2.75, 3.05) is 13.2 Å². The molecule has 0 aliphatic rings. The van der Waals surface area contributed by atoms with Crippen molar-refractivity contribution < 1.29 is 28.6 Å². The second kappa shape index (κ2) is 67.7. The zero-order valence-corrected chi connectivity index (χ0v) is 53.2. The molecule has 1 atom stereocenters. The minimum atomic E-state index is -0.763. The number of carbonyl (C=O) groups is 3. The largest absolute Gasteiger partial charge is 0.462 e. The van der Waals surface area contributed by atoms with Crippen LogP contribution in [0.4, 0.5) is 0 Å². The molecule has 1 unspecified atom stereocenters. The average Bonchev–Trinajstić information content (AvgIpc) is 3.44. The van der Waals surface area contributed by atoms with Gasteiger partial charge in [-0.25, -0.2) is 0 Å². The summed E-state index contributed by atoms with van der Waals surface area (Å²) in [7, 11) is 0. The second-order valence-electron chi connectivity index (χ2n) is 24.5. The third-order valence-electron chi connectivity index (χ3n) is 16.5. The molecule has 0 saturated carbocycles. The number of ether oxygens (including phenoxy) is 3. The lowest BCUT2D eigenvalue weighted by Gasteiger charge is -2.18. The quantitative estimate of drug-likeness (QED) is 0.0261. The second-order valence-corrected chi connectivity index (χ2v) is 24.5. The van der Waals surface area contributed by atoms with Crippen LogP contribution in [0.1, 0.15) is 412 Å². The summed E-state index contributed by atoms with van der Waals surface area (Å²) < 4.78 is 16.9. The van der Waals surface area contributed by atoms with Crippen molar-refractivity contribution in [1.29, 1.82) is 0 Å². The van der Waals surface area contributed by atoms with Crippen LogP contribution in [0.5, 0.6) is 0 Å². The smallest absolute Gasteiger partial charge is 0.306 e. The fourth-order valence-electron chi connectivity index (χ4n) is 11.2. The van der Waals surface area contributed by atoms with E-state index >= 15 is 0 Å². The predicted octanol–water partition coefficient (Wildman–Crippen LogP) is 24.4. The molecular weight excluding hydrogens is 961 g/mol. The molecular formula is C72H138O6. The Labute approximate surface area is 488 Å². The van der Waals surface area contributed by atoms with Crippen LogP contribution in [0.3, 0.4) is 0 Å². The van der Waals surface area contributed by atoms with Crippen molar-refractivity contribution >= 4 is 17.9 Å². The molecule has 0 aromatic carbocycles. The summed E-state index contributed by atoms with van der Waals surface area (Å²) in [6.45, 7) is 6.71. The number of esters is 3. The van der Waals surface area contributed by atoms with Gasteiger partial charge in [0.2, 0.25) is 0 Å². The lowest BCUT2D eigenvalue weighted by atomic mass is 10.0. The van der Waals surface area contributed by atoms with E-state index in [1.165, 1.54) is 315 Å². The Morgan fingerprint density at radius 1 is 0.244 bits per heavy atom. The van der Waals surface area contributed by atoms with Crippen LogP contribution in [0.15, 0.2) is 12.2 Å². The van der Waals surface area contributed by atoms with E-state index in [1.807, 2.05) is 0 Å². The molecule has 0 fully saturated rings. The first-order chi connectivity index (χ1) is 38.5. The van der Waals surface area contributed by atoms with Crippen molar-refractivity contribution in [1.82, 2.24) is 0 Å². The Kier molecular flexibility index (Phi) is 66.0. The molecule has 78 heavy (non-hydrogen) atoms. The lowest BCUT2D eigenvalue weighted by Crippen LogP contribution is -2.30. The normalized spacial score (nSPS) is 12.0. The van der Waals surface area contributed by atoms with Crippen molar-refractivity contribution in [3.05, 3.63) is 12.2 Å². The molecule has 0 N–H and O–H groups in total. The topological polar surface area (TPSA) is 78.9 Å². The first kappa shape index (κ1) is 76.1. The molecule has 462 valence electrons. The monoisotopic (exact) mass is 1100 g/mol. The average molecular weight is 1100 g/mol. The van der Waals surface area contributed by atoms with Crippen LogP contribution < -0.4 is 0 Å². The van der Waals surface area contributed by atoms with Crippen LogP contribution >= 0.6 is 0 Å². The van der Waals surface area contributed by atoms with Crippen molar-refractivity contribution in [2.45, 2.75) is 419 Å². The molecule has 0 aliphatic carbocycles. The van der Waals surface area contributed by atoms with Gasteiger partial charge < -0.3 is 14.2 Å². The summed E-state index contributed by atoms with van der Waals surface area (Å²) in [5, 5.41) is 0. The van der Waals surface area contributed by atoms with Crippen LogP contribution in [-0.2, 0) is 28.6 Å². The SMILES string of the molecule is CCCCCCCCCC/C=C\CCCCCCCCCCCCCCCCCCCCCCCCCC(=O)OCC(COC(=O)CCCCCCCCCCCCC)OC(=O)CCCCCCCCCCCCCCCC. The molecule has 0 bridgehead atoms. The van der Waals surface area contributed by atoms with Crippen LogP contribution in [0.25, 0.3) is 0 Å². The van der Waals surface area contributed by atoms with E-state index in [0.717, 1.165) is 57.8 Å².